The van der Waals surface area contributed by atoms with Gasteiger partial charge in [-0.2, -0.15) is 16.7 Å². The molecule has 1 atom stereocenters. The van der Waals surface area contributed by atoms with Crippen LogP contribution in [0.15, 0.2) is 4.52 Å². The Hall–Kier alpha value is -0.590. The maximum atomic E-state index is 5.20. The van der Waals surface area contributed by atoms with Crippen molar-refractivity contribution in [2.45, 2.75) is 18.9 Å². The Balaban J connectivity index is 1.81. The monoisotopic (exact) mass is 243 g/mol. The van der Waals surface area contributed by atoms with E-state index in [0.717, 1.165) is 30.4 Å². The van der Waals surface area contributed by atoms with Gasteiger partial charge in [-0.15, -0.1) is 0 Å². The molecule has 0 bridgehead atoms. The maximum Gasteiger partial charge on any atom is 0.228 e. The second kappa shape index (κ2) is 6.22. The molecule has 1 saturated heterocycles. The average molecular weight is 243 g/mol. The normalized spacial score (nSPS) is 21.2. The number of nitrogens with zero attached hydrogens (tertiary/aromatic N) is 2. The van der Waals surface area contributed by atoms with Crippen LogP contribution in [0.5, 0.6) is 0 Å². The Bertz CT molecular complexity index is 313. The standard InChI is InChI=1S/C10H17N3O2S/c1-14-4-2-9-12-10(15-13-9)6-8-7-16-5-3-11-8/h8,11H,2-7H2,1H3. The Morgan fingerprint density at radius 1 is 1.62 bits per heavy atom. The quantitative estimate of drug-likeness (QED) is 0.813. The predicted molar refractivity (Wildman–Crippen MR) is 62.7 cm³/mol. The van der Waals surface area contributed by atoms with Crippen LogP contribution in [0.2, 0.25) is 0 Å². The van der Waals surface area contributed by atoms with Crippen LogP contribution in [-0.4, -0.2) is 47.9 Å². The molecule has 1 aliphatic rings. The minimum absolute atomic E-state index is 0.467. The third kappa shape index (κ3) is 3.47. The lowest BCUT2D eigenvalue weighted by molar-refractivity contribution is 0.199. The summed E-state index contributed by atoms with van der Waals surface area (Å²) < 4.78 is 10.2. The molecule has 0 saturated carbocycles. The number of rotatable bonds is 5. The van der Waals surface area contributed by atoms with E-state index in [1.807, 2.05) is 11.8 Å². The van der Waals surface area contributed by atoms with E-state index in [0.29, 0.717) is 19.1 Å². The van der Waals surface area contributed by atoms with E-state index in [2.05, 4.69) is 15.5 Å². The molecule has 1 N–H and O–H groups in total. The first-order chi connectivity index (χ1) is 7.88. The average Bonchev–Trinajstić information content (AvgIpc) is 2.75. The number of hydrogen-bond acceptors (Lipinski definition) is 6. The van der Waals surface area contributed by atoms with Crippen LogP contribution in [0, 0.1) is 0 Å². The molecule has 0 aliphatic carbocycles. The predicted octanol–water partition coefficient (Wildman–Crippen LogP) is 0.506. The van der Waals surface area contributed by atoms with Gasteiger partial charge in [0.1, 0.15) is 0 Å². The van der Waals surface area contributed by atoms with E-state index < -0.39 is 0 Å². The van der Waals surface area contributed by atoms with Gasteiger partial charge in [-0.25, -0.2) is 0 Å². The van der Waals surface area contributed by atoms with Crippen molar-refractivity contribution in [2.24, 2.45) is 0 Å². The summed E-state index contributed by atoms with van der Waals surface area (Å²) in [5, 5.41) is 7.37. The first kappa shape index (κ1) is 11.9. The zero-order valence-corrected chi connectivity index (χ0v) is 10.3. The van der Waals surface area contributed by atoms with Gasteiger partial charge in [0.25, 0.3) is 0 Å². The summed E-state index contributed by atoms with van der Waals surface area (Å²) in [6.45, 7) is 1.70. The second-order valence-electron chi connectivity index (χ2n) is 3.78. The van der Waals surface area contributed by atoms with E-state index in [1.165, 1.54) is 5.75 Å². The van der Waals surface area contributed by atoms with Crippen LogP contribution >= 0.6 is 11.8 Å². The molecule has 90 valence electrons. The van der Waals surface area contributed by atoms with Crippen molar-refractivity contribution in [3.8, 4) is 0 Å². The number of aromatic nitrogens is 2. The number of hydrogen-bond donors (Lipinski definition) is 1. The summed E-state index contributed by atoms with van der Waals surface area (Å²) >= 11 is 1.97. The van der Waals surface area contributed by atoms with Crippen molar-refractivity contribution in [3.05, 3.63) is 11.7 Å². The van der Waals surface area contributed by atoms with Crippen molar-refractivity contribution in [1.29, 1.82) is 0 Å². The maximum absolute atomic E-state index is 5.20. The van der Waals surface area contributed by atoms with Crippen molar-refractivity contribution in [1.82, 2.24) is 15.5 Å². The third-order valence-electron chi connectivity index (χ3n) is 2.46. The molecule has 6 heteroatoms. The summed E-state index contributed by atoms with van der Waals surface area (Å²) in [4.78, 5) is 4.33. The lowest BCUT2D eigenvalue weighted by atomic mass is 10.2. The topological polar surface area (TPSA) is 60.2 Å². The van der Waals surface area contributed by atoms with E-state index in [-0.39, 0.29) is 0 Å². The molecule has 1 fully saturated rings. The van der Waals surface area contributed by atoms with E-state index in [4.69, 9.17) is 9.26 Å². The van der Waals surface area contributed by atoms with Crippen molar-refractivity contribution < 1.29 is 9.26 Å². The first-order valence-corrected chi connectivity index (χ1v) is 6.65. The van der Waals surface area contributed by atoms with Gasteiger partial charge >= 0.3 is 0 Å². The van der Waals surface area contributed by atoms with Gasteiger partial charge in [0.15, 0.2) is 5.82 Å². The fourth-order valence-electron chi connectivity index (χ4n) is 1.63. The molecule has 2 rings (SSSR count). The summed E-state index contributed by atoms with van der Waals surface area (Å²) in [5.41, 5.74) is 0. The van der Waals surface area contributed by atoms with Gasteiger partial charge in [-0.3, -0.25) is 0 Å². The number of ether oxygens (including phenoxy) is 1. The highest BCUT2D eigenvalue weighted by molar-refractivity contribution is 7.99. The molecule has 5 nitrogen and oxygen atoms in total. The van der Waals surface area contributed by atoms with Crippen molar-refractivity contribution in [3.63, 3.8) is 0 Å². The molecule has 1 aliphatic heterocycles. The fraction of sp³-hybridized carbons (Fsp3) is 0.800. The number of methoxy groups -OCH3 is 1. The molecule has 0 radical (unpaired) electrons. The van der Waals surface area contributed by atoms with Gasteiger partial charge in [-0.05, 0) is 0 Å². The zero-order valence-electron chi connectivity index (χ0n) is 9.44. The molecule has 0 amide bonds. The molecule has 1 aromatic heterocycles. The smallest absolute Gasteiger partial charge is 0.228 e. The second-order valence-corrected chi connectivity index (χ2v) is 4.93. The van der Waals surface area contributed by atoms with Gasteiger partial charge in [-0.1, -0.05) is 5.16 Å². The van der Waals surface area contributed by atoms with E-state index >= 15 is 0 Å². The number of nitrogens with one attached hydrogen (secondary N) is 1. The van der Waals surface area contributed by atoms with E-state index in [1.54, 1.807) is 7.11 Å². The van der Waals surface area contributed by atoms with Crippen LogP contribution in [0.1, 0.15) is 11.7 Å². The van der Waals surface area contributed by atoms with Gasteiger partial charge in [0, 0.05) is 44.0 Å². The summed E-state index contributed by atoms with van der Waals surface area (Å²) in [6, 6.07) is 0.467. The van der Waals surface area contributed by atoms with Gasteiger partial charge in [0.05, 0.1) is 6.61 Å². The van der Waals surface area contributed by atoms with Crippen LogP contribution in [0.25, 0.3) is 0 Å². The Kier molecular flexibility index (Phi) is 4.62. The van der Waals surface area contributed by atoms with Crippen LogP contribution in [0.3, 0.4) is 0 Å². The van der Waals surface area contributed by atoms with Crippen molar-refractivity contribution >= 4 is 11.8 Å². The highest BCUT2D eigenvalue weighted by Crippen LogP contribution is 2.11. The minimum Gasteiger partial charge on any atom is -0.384 e. The molecular formula is C10H17N3O2S. The largest absolute Gasteiger partial charge is 0.384 e. The highest BCUT2D eigenvalue weighted by atomic mass is 32.2. The summed E-state index contributed by atoms with van der Waals surface area (Å²) in [7, 11) is 1.67. The Morgan fingerprint density at radius 2 is 2.56 bits per heavy atom. The zero-order chi connectivity index (χ0) is 11.2. The third-order valence-corrected chi connectivity index (χ3v) is 3.59. The molecule has 16 heavy (non-hydrogen) atoms. The summed E-state index contributed by atoms with van der Waals surface area (Å²) in [5.74, 6) is 3.78. The lowest BCUT2D eigenvalue weighted by Gasteiger charge is -2.21. The molecule has 0 spiro atoms. The van der Waals surface area contributed by atoms with Crippen LogP contribution < -0.4 is 5.32 Å². The highest BCUT2D eigenvalue weighted by Gasteiger charge is 2.16. The molecular weight excluding hydrogens is 226 g/mol. The van der Waals surface area contributed by atoms with Crippen molar-refractivity contribution in [2.75, 3.05) is 31.8 Å². The lowest BCUT2D eigenvalue weighted by Crippen LogP contribution is -2.38. The first-order valence-electron chi connectivity index (χ1n) is 5.50. The summed E-state index contributed by atoms with van der Waals surface area (Å²) in [6.07, 6.45) is 1.54. The van der Waals surface area contributed by atoms with Gasteiger partial charge < -0.3 is 14.6 Å². The van der Waals surface area contributed by atoms with Crippen LogP contribution in [0.4, 0.5) is 0 Å². The minimum atomic E-state index is 0.467. The van der Waals surface area contributed by atoms with Gasteiger partial charge in [0.2, 0.25) is 5.89 Å². The molecule has 1 aromatic rings. The fourth-order valence-corrected chi connectivity index (χ4v) is 2.58. The Labute approximate surface area is 99.3 Å². The number of thioether (sulfide) groups is 1. The molecule has 0 aromatic carbocycles. The Morgan fingerprint density at radius 3 is 3.31 bits per heavy atom. The SMILES string of the molecule is COCCc1noc(CC2CSCCN2)n1. The van der Waals surface area contributed by atoms with E-state index in [9.17, 15) is 0 Å². The molecule has 2 heterocycles. The van der Waals surface area contributed by atoms with Crippen LogP contribution in [-0.2, 0) is 17.6 Å². The molecule has 1 unspecified atom stereocenters.